The summed E-state index contributed by atoms with van der Waals surface area (Å²) in [5.74, 6) is 0.303. The van der Waals surface area contributed by atoms with Crippen LogP contribution in [0, 0.1) is 5.92 Å². The van der Waals surface area contributed by atoms with E-state index in [2.05, 4.69) is 16.3 Å². The fourth-order valence-electron chi connectivity index (χ4n) is 5.54. The van der Waals surface area contributed by atoms with Crippen LogP contribution in [0.15, 0.2) is 54.6 Å². The van der Waals surface area contributed by atoms with Gasteiger partial charge in [-0.05, 0) is 55.5 Å². The SMILES string of the molecule is O=C(Nc1cccc(N2CCOCC2)c1)C1CC2CCCCC2N1C(=O)c1ccccc1. The van der Waals surface area contributed by atoms with Crippen LogP contribution in [0.25, 0.3) is 0 Å². The monoisotopic (exact) mass is 433 g/mol. The number of nitrogens with one attached hydrogen (secondary N) is 1. The fraction of sp³-hybridized carbons (Fsp3) is 0.462. The minimum absolute atomic E-state index is 0.0257. The highest BCUT2D eigenvalue weighted by Crippen LogP contribution is 2.41. The number of nitrogens with zero attached hydrogens (tertiary/aromatic N) is 2. The van der Waals surface area contributed by atoms with E-state index in [4.69, 9.17) is 4.74 Å². The van der Waals surface area contributed by atoms with Crippen molar-refractivity contribution in [3.05, 3.63) is 60.2 Å². The molecule has 2 amide bonds. The van der Waals surface area contributed by atoms with Crippen molar-refractivity contribution in [1.82, 2.24) is 4.90 Å². The average molecular weight is 434 g/mol. The van der Waals surface area contributed by atoms with Crippen molar-refractivity contribution < 1.29 is 14.3 Å². The summed E-state index contributed by atoms with van der Waals surface area (Å²) in [5, 5.41) is 3.12. The third-order valence-corrected chi connectivity index (χ3v) is 7.14. The van der Waals surface area contributed by atoms with Gasteiger partial charge in [0, 0.05) is 36.1 Å². The third-order valence-electron chi connectivity index (χ3n) is 7.14. The largest absolute Gasteiger partial charge is 0.378 e. The van der Waals surface area contributed by atoms with E-state index in [9.17, 15) is 9.59 Å². The Bertz CT molecular complexity index is 958. The van der Waals surface area contributed by atoms with Gasteiger partial charge in [-0.25, -0.2) is 0 Å². The second kappa shape index (κ2) is 9.33. The summed E-state index contributed by atoms with van der Waals surface area (Å²) in [4.78, 5) is 31.1. The van der Waals surface area contributed by atoms with Gasteiger partial charge in [0.2, 0.25) is 5.91 Å². The first kappa shape index (κ1) is 21.0. The summed E-state index contributed by atoms with van der Waals surface area (Å²) in [7, 11) is 0. The van der Waals surface area contributed by atoms with Gasteiger partial charge in [-0.1, -0.05) is 37.1 Å². The molecule has 2 aromatic rings. The van der Waals surface area contributed by atoms with Crippen LogP contribution in [0.4, 0.5) is 11.4 Å². The molecule has 3 atom stereocenters. The maximum atomic E-state index is 13.5. The van der Waals surface area contributed by atoms with E-state index in [0.717, 1.165) is 63.4 Å². The highest BCUT2D eigenvalue weighted by molar-refractivity contribution is 6.02. The molecule has 0 radical (unpaired) electrons. The van der Waals surface area contributed by atoms with Gasteiger partial charge in [-0.2, -0.15) is 0 Å². The number of anilines is 2. The lowest BCUT2D eigenvalue weighted by atomic mass is 9.84. The first-order valence-electron chi connectivity index (χ1n) is 11.8. The van der Waals surface area contributed by atoms with Crippen LogP contribution in [0.1, 0.15) is 42.5 Å². The number of hydrogen-bond donors (Lipinski definition) is 1. The van der Waals surface area contributed by atoms with Gasteiger partial charge in [-0.15, -0.1) is 0 Å². The second-order valence-corrected chi connectivity index (χ2v) is 9.08. The Morgan fingerprint density at radius 1 is 0.938 bits per heavy atom. The van der Waals surface area contributed by atoms with E-state index in [-0.39, 0.29) is 17.9 Å². The van der Waals surface area contributed by atoms with Gasteiger partial charge in [-0.3, -0.25) is 9.59 Å². The molecule has 5 rings (SSSR count). The fourth-order valence-corrected chi connectivity index (χ4v) is 5.54. The van der Waals surface area contributed by atoms with Crippen LogP contribution in [0.3, 0.4) is 0 Å². The molecule has 1 aliphatic carbocycles. The molecule has 0 bridgehead atoms. The number of benzene rings is 2. The van der Waals surface area contributed by atoms with Gasteiger partial charge in [0.05, 0.1) is 13.2 Å². The second-order valence-electron chi connectivity index (χ2n) is 9.08. The number of likely N-dealkylation sites (tertiary alicyclic amines) is 1. The maximum Gasteiger partial charge on any atom is 0.254 e. The molecule has 1 saturated carbocycles. The molecule has 0 spiro atoms. The number of ether oxygens (including phenoxy) is 1. The highest BCUT2D eigenvalue weighted by atomic mass is 16.5. The van der Waals surface area contributed by atoms with Crippen molar-refractivity contribution in [2.24, 2.45) is 5.92 Å². The molecule has 2 aliphatic heterocycles. The predicted octanol–water partition coefficient (Wildman–Crippen LogP) is 3.94. The van der Waals surface area contributed by atoms with E-state index in [0.29, 0.717) is 11.5 Å². The van der Waals surface area contributed by atoms with E-state index in [1.165, 1.54) is 6.42 Å². The lowest BCUT2D eigenvalue weighted by Crippen LogP contribution is -2.47. The topological polar surface area (TPSA) is 61.9 Å². The lowest BCUT2D eigenvalue weighted by Gasteiger charge is -2.33. The summed E-state index contributed by atoms with van der Waals surface area (Å²) in [6.07, 6.45) is 5.14. The molecular weight excluding hydrogens is 402 g/mol. The number of carbonyl (C=O) groups excluding carboxylic acids is 2. The number of carbonyl (C=O) groups is 2. The highest BCUT2D eigenvalue weighted by Gasteiger charge is 2.47. The van der Waals surface area contributed by atoms with Crippen LogP contribution in [-0.4, -0.2) is 55.1 Å². The Morgan fingerprint density at radius 2 is 1.72 bits per heavy atom. The zero-order chi connectivity index (χ0) is 21.9. The molecule has 6 heteroatoms. The minimum atomic E-state index is -0.428. The number of rotatable bonds is 4. The Kier molecular flexibility index (Phi) is 6.12. The van der Waals surface area contributed by atoms with Gasteiger partial charge in [0.15, 0.2) is 0 Å². The molecule has 2 heterocycles. The normalized spacial score (nSPS) is 25.3. The first-order chi connectivity index (χ1) is 15.7. The molecule has 0 aromatic heterocycles. The molecule has 2 aromatic carbocycles. The van der Waals surface area contributed by atoms with E-state index in [1.807, 2.05) is 53.4 Å². The maximum absolute atomic E-state index is 13.5. The van der Waals surface area contributed by atoms with E-state index in [1.54, 1.807) is 0 Å². The van der Waals surface area contributed by atoms with E-state index < -0.39 is 6.04 Å². The lowest BCUT2D eigenvalue weighted by molar-refractivity contribution is -0.120. The predicted molar refractivity (Wildman–Crippen MR) is 125 cm³/mol. The summed E-state index contributed by atoms with van der Waals surface area (Å²) in [5.41, 5.74) is 2.52. The molecule has 32 heavy (non-hydrogen) atoms. The van der Waals surface area contributed by atoms with Gasteiger partial charge in [0.1, 0.15) is 6.04 Å². The van der Waals surface area contributed by atoms with Crippen molar-refractivity contribution in [3.63, 3.8) is 0 Å². The van der Waals surface area contributed by atoms with Crippen LogP contribution < -0.4 is 10.2 Å². The number of fused-ring (bicyclic) bond motifs is 1. The molecule has 168 valence electrons. The zero-order valence-corrected chi connectivity index (χ0v) is 18.4. The Balaban J connectivity index is 1.36. The molecule has 3 aliphatic rings. The van der Waals surface area contributed by atoms with Crippen LogP contribution in [-0.2, 0) is 9.53 Å². The standard InChI is InChI=1S/C26H31N3O3/c30-25(27-21-10-6-11-22(18-21)28-13-15-32-16-14-28)24-17-20-9-4-5-12-23(20)29(24)26(31)19-7-2-1-3-8-19/h1-3,6-8,10-11,18,20,23-24H,4-5,9,12-17H2,(H,27,30). The number of amides is 2. The molecule has 3 fully saturated rings. The van der Waals surface area contributed by atoms with Crippen LogP contribution >= 0.6 is 0 Å². The Hall–Kier alpha value is -2.86. The Labute approximate surface area is 189 Å². The first-order valence-corrected chi connectivity index (χ1v) is 11.8. The average Bonchev–Trinajstić information content (AvgIpc) is 3.25. The van der Waals surface area contributed by atoms with Crippen molar-refractivity contribution in [3.8, 4) is 0 Å². The minimum Gasteiger partial charge on any atom is -0.378 e. The van der Waals surface area contributed by atoms with Gasteiger partial charge < -0.3 is 19.9 Å². The van der Waals surface area contributed by atoms with Gasteiger partial charge >= 0.3 is 0 Å². The summed E-state index contributed by atoms with van der Waals surface area (Å²) < 4.78 is 5.45. The third kappa shape index (κ3) is 4.24. The van der Waals surface area contributed by atoms with Crippen LogP contribution in [0.5, 0.6) is 0 Å². The number of morpholine rings is 1. The Morgan fingerprint density at radius 3 is 2.53 bits per heavy atom. The van der Waals surface area contributed by atoms with Crippen LogP contribution in [0.2, 0.25) is 0 Å². The summed E-state index contributed by atoms with van der Waals surface area (Å²) in [6, 6.07) is 17.1. The van der Waals surface area contributed by atoms with Crippen molar-refractivity contribution in [2.75, 3.05) is 36.5 Å². The van der Waals surface area contributed by atoms with E-state index >= 15 is 0 Å². The number of hydrogen-bond acceptors (Lipinski definition) is 4. The van der Waals surface area contributed by atoms with Crippen molar-refractivity contribution in [1.29, 1.82) is 0 Å². The summed E-state index contributed by atoms with van der Waals surface area (Å²) in [6.45, 7) is 3.14. The molecule has 1 N–H and O–H groups in total. The van der Waals surface area contributed by atoms with Crippen molar-refractivity contribution in [2.45, 2.75) is 44.2 Å². The molecular formula is C26H31N3O3. The molecule has 2 saturated heterocycles. The molecule has 3 unspecified atom stereocenters. The van der Waals surface area contributed by atoms with Crippen molar-refractivity contribution >= 4 is 23.2 Å². The summed E-state index contributed by atoms with van der Waals surface area (Å²) >= 11 is 0. The quantitative estimate of drug-likeness (QED) is 0.794. The molecule has 6 nitrogen and oxygen atoms in total. The zero-order valence-electron chi connectivity index (χ0n) is 18.4. The van der Waals surface area contributed by atoms with Gasteiger partial charge in [0.25, 0.3) is 5.91 Å². The smallest absolute Gasteiger partial charge is 0.254 e.